The van der Waals surface area contributed by atoms with Crippen LogP contribution in [0, 0.1) is 5.92 Å². The number of rotatable bonds is 8. The number of carbonyl (C=O) groups is 2. The number of hydrogen-bond acceptors (Lipinski definition) is 3. The highest BCUT2D eigenvalue weighted by atomic mass is 35.5. The molecule has 2 aliphatic rings. The normalized spacial score (nSPS) is 18.7. The molecule has 1 heterocycles. The van der Waals surface area contributed by atoms with Crippen molar-refractivity contribution in [2.45, 2.75) is 57.5 Å². The average Bonchev–Trinajstić information content (AvgIpc) is 3.38. The lowest BCUT2D eigenvalue weighted by Crippen LogP contribution is -2.59. The molecule has 1 saturated heterocycles. The number of nitrogens with one attached hydrogen (secondary N) is 2. The standard InChI is InChI=1S/C28H37ClN4O2/c1-21(14-15-22-8-3-2-4-9-22)30-27(34)26(23-10-5-6-11-23)32-16-18-33(19-17-32)28(35)31-25-13-7-12-24(29)20-25/h2-4,7-9,12-13,20-21,23,26H,5-6,10-11,14-19H2,1H3,(H,30,34)(H,31,35)/t21-,26+/m1/s1. The SMILES string of the molecule is C[C@H](CCc1ccccc1)NC(=O)[C@H](C1CCCC1)N1CCN(C(=O)Nc2cccc(Cl)c2)CC1. The Morgan fingerprint density at radius 2 is 1.71 bits per heavy atom. The lowest BCUT2D eigenvalue weighted by atomic mass is 9.94. The van der Waals surface area contributed by atoms with Crippen LogP contribution < -0.4 is 10.6 Å². The highest BCUT2D eigenvalue weighted by Crippen LogP contribution is 2.31. The first-order valence-corrected chi connectivity index (χ1v) is 13.3. The van der Waals surface area contributed by atoms with Crippen LogP contribution in [-0.2, 0) is 11.2 Å². The van der Waals surface area contributed by atoms with E-state index in [0.717, 1.165) is 25.7 Å². The van der Waals surface area contributed by atoms with E-state index in [-0.39, 0.29) is 24.0 Å². The number of amides is 3. The van der Waals surface area contributed by atoms with Gasteiger partial charge in [-0.1, -0.05) is 60.8 Å². The highest BCUT2D eigenvalue weighted by molar-refractivity contribution is 6.30. The van der Waals surface area contributed by atoms with Crippen LogP contribution in [-0.4, -0.2) is 60.0 Å². The zero-order valence-electron chi connectivity index (χ0n) is 20.6. The molecule has 188 valence electrons. The molecular formula is C28H37ClN4O2. The van der Waals surface area contributed by atoms with Crippen molar-refractivity contribution in [3.8, 4) is 0 Å². The van der Waals surface area contributed by atoms with E-state index in [0.29, 0.717) is 42.8 Å². The minimum absolute atomic E-state index is 0.116. The molecule has 0 unspecified atom stereocenters. The summed E-state index contributed by atoms with van der Waals surface area (Å²) in [7, 11) is 0. The third-order valence-electron chi connectivity index (χ3n) is 7.28. The van der Waals surface area contributed by atoms with Crippen molar-refractivity contribution in [3.63, 3.8) is 0 Å². The topological polar surface area (TPSA) is 64.7 Å². The number of piperazine rings is 1. The van der Waals surface area contributed by atoms with E-state index in [1.807, 2.05) is 23.1 Å². The van der Waals surface area contributed by atoms with Crippen LogP contribution in [0.15, 0.2) is 54.6 Å². The van der Waals surface area contributed by atoms with Gasteiger partial charge in [0.25, 0.3) is 0 Å². The molecule has 0 aromatic heterocycles. The molecule has 2 aromatic carbocycles. The van der Waals surface area contributed by atoms with Crippen molar-refractivity contribution in [1.29, 1.82) is 0 Å². The maximum absolute atomic E-state index is 13.5. The minimum atomic E-state index is -0.122. The van der Waals surface area contributed by atoms with Gasteiger partial charge in [0.2, 0.25) is 5.91 Å². The first-order valence-electron chi connectivity index (χ1n) is 12.9. The summed E-state index contributed by atoms with van der Waals surface area (Å²) in [6.07, 6.45) is 6.47. The molecule has 1 saturated carbocycles. The number of urea groups is 1. The largest absolute Gasteiger partial charge is 0.352 e. The Kier molecular flexibility index (Phi) is 9.05. The molecule has 3 amide bonds. The number of aryl methyl sites for hydroxylation is 1. The number of anilines is 1. The summed E-state index contributed by atoms with van der Waals surface area (Å²) < 4.78 is 0. The Bertz CT molecular complexity index is 972. The Labute approximate surface area is 214 Å². The highest BCUT2D eigenvalue weighted by Gasteiger charge is 2.37. The zero-order valence-corrected chi connectivity index (χ0v) is 21.3. The van der Waals surface area contributed by atoms with Gasteiger partial charge in [0.05, 0.1) is 6.04 Å². The summed E-state index contributed by atoms with van der Waals surface area (Å²) in [5.74, 6) is 0.539. The van der Waals surface area contributed by atoms with Gasteiger partial charge in [-0.3, -0.25) is 9.69 Å². The molecule has 6 nitrogen and oxygen atoms in total. The van der Waals surface area contributed by atoms with Crippen molar-refractivity contribution in [2.75, 3.05) is 31.5 Å². The molecular weight excluding hydrogens is 460 g/mol. The van der Waals surface area contributed by atoms with E-state index < -0.39 is 0 Å². The molecule has 2 N–H and O–H groups in total. The second-order valence-corrected chi connectivity index (χ2v) is 10.3. The predicted octanol–water partition coefficient (Wildman–Crippen LogP) is 5.19. The van der Waals surface area contributed by atoms with Gasteiger partial charge in [0.15, 0.2) is 0 Å². The number of benzene rings is 2. The van der Waals surface area contributed by atoms with Crippen LogP contribution >= 0.6 is 11.6 Å². The van der Waals surface area contributed by atoms with Crippen molar-refractivity contribution in [1.82, 2.24) is 15.1 Å². The van der Waals surface area contributed by atoms with Crippen LogP contribution in [0.5, 0.6) is 0 Å². The second-order valence-electron chi connectivity index (χ2n) is 9.89. The Morgan fingerprint density at radius 1 is 1.00 bits per heavy atom. The first kappa shape index (κ1) is 25.5. The summed E-state index contributed by atoms with van der Waals surface area (Å²) in [6, 6.07) is 17.5. The van der Waals surface area contributed by atoms with Gasteiger partial charge < -0.3 is 15.5 Å². The molecule has 7 heteroatoms. The second kappa shape index (κ2) is 12.4. The molecule has 4 rings (SSSR count). The quantitative estimate of drug-likeness (QED) is 0.529. The van der Waals surface area contributed by atoms with Crippen LogP contribution in [0.25, 0.3) is 0 Å². The Hall–Kier alpha value is -2.57. The average molecular weight is 497 g/mol. The number of halogens is 1. The van der Waals surface area contributed by atoms with E-state index in [1.165, 1.54) is 18.4 Å². The Balaban J connectivity index is 1.31. The zero-order chi connectivity index (χ0) is 24.6. The molecule has 1 aliphatic carbocycles. The van der Waals surface area contributed by atoms with Crippen molar-refractivity contribution in [2.24, 2.45) is 5.92 Å². The fraction of sp³-hybridized carbons (Fsp3) is 0.500. The molecule has 0 spiro atoms. The van der Waals surface area contributed by atoms with Gasteiger partial charge in [-0.25, -0.2) is 4.79 Å². The minimum Gasteiger partial charge on any atom is -0.352 e. The van der Waals surface area contributed by atoms with Gasteiger partial charge in [-0.15, -0.1) is 0 Å². The lowest BCUT2D eigenvalue weighted by Gasteiger charge is -2.41. The summed E-state index contributed by atoms with van der Waals surface area (Å²) >= 11 is 6.04. The predicted molar refractivity (Wildman–Crippen MR) is 142 cm³/mol. The molecule has 35 heavy (non-hydrogen) atoms. The third-order valence-corrected chi connectivity index (χ3v) is 7.52. The van der Waals surface area contributed by atoms with Gasteiger partial charge in [0.1, 0.15) is 0 Å². The fourth-order valence-corrected chi connectivity index (χ4v) is 5.54. The smallest absolute Gasteiger partial charge is 0.321 e. The summed E-state index contributed by atoms with van der Waals surface area (Å²) in [5, 5.41) is 6.84. The molecule has 0 bridgehead atoms. The van der Waals surface area contributed by atoms with E-state index in [9.17, 15) is 9.59 Å². The Morgan fingerprint density at radius 3 is 2.40 bits per heavy atom. The number of carbonyl (C=O) groups excluding carboxylic acids is 2. The van der Waals surface area contributed by atoms with Crippen molar-refractivity contribution < 1.29 is 9.59 Å². The maximum Gasteiger partial charge on any atom is 0.321 e. The van der Waals surface area contributed by atoms with E-state index in [1.54, 1.807) is 12.1 Å². The molecule has 2 aromatic rings. The van der Waals surface area contributed by atoms with Gasteiger partial charge in [-0.05, 0) is 62.3 Å². The molecule has 2 fully saturated rings. The van der Waals surface area contributed by atoms with E-state index >= 15 is 0 Å². The van der Waals surface area contributed by atoms with Gasteiger partial charge in [0, 0.05) is 42.9 Å². The molecule has 1 aliphatic heterocycles. The van der Waals surface area contributed by atoms with Crippen LogP contribution in [0.4, 0.5) is 10.5 Å². The summed E-state index contributed by atoms with van der Waals surface area (Å²) in [5.41, 5.74) is 1.99. The van der Waals surface area contributed by atoms with Crippen LogP contribution in [0.2, 0.25) is 5.02 Å². The van der Waals surface area contributed by atoms with Gasteiger partial charge in [-0.2, -0.15) is 0 Å². The van der Waals surface area contributed by atoms with Crippen LogP contribution in [0.1, 0.15) is 44.6 Å². The summed E-state index contributed by atoms with van der Waals surface area (Å²) in [4.78, 5) is 30.4. The van der Waals surface area contributed by atoms with Gasteiger partial charge >= 0.3 is 6.03 Å². The fourth-order valence-electron chi connectivity index (χ4n) is 5.35. The van der Waals surface area contributed by atoms with Crippen molar-refractivity contribution >= 4 is 29.2 Å². The van der Waals surface area contributed by atoms with E-state index in [4.69, 9.17) is 11.6 Å². The lowest BCUT2D eigenvalue weighted by molar-refractivity contribution is -0.129. The monoisotopic (exact) mass is 496 g/mol. The molecule has 0 radical (unpaired) electrons. The van der Waals surface area contributed by atoms with Crippen molar-refractivity contribution in [3.05, 3.63) is 65.2 Å². The maximum atomic E-state index is 13.5. The van der Waals surface area contributed by atoms with E-state index in [2.05, 4.69) is 46.7 Å². The third kappa shape index (κ3) is 7.21. The summed E-state index contributed by atoms with van der Waals surface area (Å²) in [6.45, 7) is 4.72. The number of nitrogens with zero attached hydrogens (tertiary/aromatic N) is 2. The number of hydrogen-bond donors (Lipinski definition) is 2. The van der Waals surface area contributed by atoms with Crippen LogP contribution in [0.3, 0.4) is 0 Å². The molecule has 2 atom stereocenters. The first-order chi connectivity index (χ1) is 17.0.